The standard InChI is InChI=1S/C25H28FN3O2S/c1-6-29-20-13-21(31-5)16(11-19(20)15(2)14-25(29,3)4)12-22-23(30)28-24(32-22)27-18-9-7-17(26)8-10-18/h7-13,15H,6,14H2,1-5H3,(H,27,28,30)/b22-12+. The van der Waals surface area contributed by atoms with E-state index in [1.165, 1.54) is 35.1 Å². The minimum atomic E-state index is -0.323. The SMILES string of the molecule is CCN1c2cc(OC)c(/C=C3/SC(=Nc4ccc(F)cc4)NC3=O)cc2C(C)CC1(C)C. The molecule has 0 aromatic heterocycles. The molecular weight excluding hydrogens is 425 g/mol. The highest BCUT2D eigenvalue weighted by Crippen LogP contribution is 2.46. The number of nitrogens with one attached hydrogen (secondary N) is 1. The van der Waals surface area contributed by atoms with Crippen molar-refractivity contribution < 1.29 is 13.9 Å². The van der Waals surface area contributed by atoms with E-state index in [1.807, 2.05) is 6.08 Å². The molecule has 5 nitrogen and oxygen atoms in total. The molecule has 32 heavy (non-hydrogen) atoms. The maximum atomic E-state index is 13.1. The van der Waals surface area contributed by atoms with E-state index in [0.717, 1.165) is 24.3 Å². The summed E-state index contributed by atoms with van der Waals surface area (Å²) in [6.45, 7) is 9.89. The zero-order chi connectivity index (χ0) is 23.0. The second-order valence-corrected chi connectivity index (χ2v) is 9.80. The molecule has 1 atom stereocenters. The van der Waals surface area contributed by atoms with Gasteiger partial charge in [-0.15, -0.1) is 0 Å². The Labute approximate surface area is 192 Å². The zero-order valence-electron chi connectivity index (χ0n) is 19.0. The molecule has 0 spiro atoms. The van der Waals surface area contributed by atoms with Gasteiger partial charge in [-0.05, 0) is 86.8 Å². The summed E-state index contributed by atoms with van der Waals surface area (Å²) < 4.78 is 18.8. The number of ether oxygens (including phenoxy) is 1. The number of methoxy groups -OCH3 is 1. The molecule has 4 rings (SSSR count). The number of anilines is 1. The number of hydrogen-bond donors (Lipinski definition) is 1. The Hall–Kier alpha value is -2.80. The fourth-order valence-corrected chi connectivity index (χ4v) is 5.50. The number of fused-ring (bicyclic) bond motifs is 1. The molecule has 0 saturated carbocycles. The lowest BCUT2D eigenvalue weighted by Crippen LogP contribution is -2.48. The Kier molecular flexibility index (Phi) is 6.03. The Morgan fingerprint density at radius 3 is 2.69 bits per heavy atom. The van der Waals surface area contributed by atoms with Crippen molar-refractivity contribution in [3.63, 3.8) is 0 Å². The average Bonchev–Trinajstić information content (AvgIpc) is 3.08. The van der Waals surface area contributed by atoms with Crippen LogP contribution in [0, 0.1) is 5.82 Å². The van der Waals surface area contributed by atoms with Crippen LogP contribution in [0.2, 0.25) is 0 Å². The van der Waals surface area contributed by atoms with Gasteiger partial charge in [0, 0.05) is 29.4 Å². The monoisotopic (exact) mass is 453 g/mol. The van der Waals surface area contributed by atoms with Gasteiger partial charge < -0.3 is 15.0 Å². The van der Waals surface area contributed by atoms with Gasteiger partial charge in [0.05, 0.1) is 17.7 Å². The summed E-state index contributed by atoms with van der Waals surface area (Å²) in [6, 6.07) is 10.1. The van der Waals surface area contributed by atoms with Crippen molar-refractivity contribution in [3.8, 4) is 5.75 Å². The van der Waals surface area contributed by atoms with Crippen molar-refractivity contribution in [2.45, 2.75) is 45.6 Å². The van der Waals surface area contributed by atoms with Gasteiger partial charge in [0.15, 0.2) is 5.17 Å². The smallest absolute Gasteiger partial charge is 0.264 e. The van der Waals surface area contributed by atoms with E-state index in [4.69, 9.17) is 4.74 Å². The van der Waals surface area contributed by atoms with Crippen LogP contribution in [0.3, 0.4) is 0 Å². The summed E-state index contributed by atoms with van der Waals surface area (Å²) in [5, 5.41) is 3.26. The third kappa shape index (κ3) is 4.26. The molecule has 7 heteroatoms. The lowest BCUT2D eigenvalue weighted by atomic mass is 9.79. The van der Waals surface area contributed by atoms with E-state index in [0.29, 0.717) is 21.7 Å². The van der Waals surface area contributed by atoms with Crippen LogP contribution in [0.25, 0.3) is 6.08 Å². The Morgan fingerprint density at radius 2 is 2.03 bits per heavy atom. The maximum absolute atomic E-state index is 13.1. The third-order valence-corrected chi connectivity index (χ3v) is 6.96. The van der Waals surface area contributed by atoms with Gasteiger partial charge in [0.1, 0.15) is 11.6 Å². The first-order chi connectivity index (χ1) is 15.2. The van der Waals surface area contributed by atoms with E-state index in [2.05, 4.69) is 55.0 Å². The molecular formula is C25H28FN3O2S. The largest absolute Gasteiger partial charge is 0.496 e. The number of nitrogens with zero attached hydrogens (tertiary/aromatic N) is 2. The number of hydrogen-bond acceptors (Lipinski definition) is 5. The highest BCUT2D eigenvalue weighted by molar-refractivity contribution is 8.18. The van der Waals surface area contributed by atoms with Gasteiger partial charge in [-0.1, -0.05) is 6.92 Å². The number of carbonyl (C=O) groups is 1. The molecule has 2 aromatic carbocycles. The molecule has 1 unspecified atom stereocenters. The van der Waals surface area contributed by atoms with Crippen LogP contribution >= 0.6 is 11.8 Å². The van der Waals surface area contributed by atoms with Gasteiger partial charge >= 0.3 is 0 Å². The van der Waals surface area contributed by atoms with Gasteiger partial charge in [0.2, 0.25) is 0 Å². The third-order valence-electron chi connectivity index (χ3n) is 6.05. The van der Waals surface area contributed by atoms with E-state index in [-0.39, 0.29) is 17.3 Å². The minimum Gasteiger partial charge on any atom is -0.496 e. The predicted molar refractivity (Wildman–Crippen MR) is 130 cm³/mol. The van der Waals surface area contributed by atoms with Gasteiger partial charge in [0.25, 0.3) is 5.91 Å². The molecule has 1 N–H and O–H groups in total. The second kappa shape index (κ2) is 8.62. The summed E-state index contributed by atoms with van der Waals surface area (Å²) in [4.78, 5) is 19.9. The van der Waals surface area contributed by atoms with Crippen LogP contribution in [0.15, 0.2) is 46.3 Å². The first-order valence-corrected chi connectivity index (χ1v) is 11.6. The maximum Gasteiger partial charge on any atom is 0.264 e. The molecule has 1 saturated heterocycles. The van der Waals surface area contributed by atoms with Crippen molar-refractivity contribution in [2.24, 2.45) is 4.99 Å². The van der Waals surface area contributed by atoms with Crippen LogP contribution in [-0.2, 0) is 4.79 Å². The van der Waals surface area contributed by atoms with Gasteiger partial charge in [-0.2, -0.15) is 0 Å². The van der Waals surface area contributed by atoms with Crippen LogP contribution in [0.4, 0.5) is 15.8 Å². The van der Waals surface area contributed by atoms with E-state index < -0.39 is 0 Å². The van der Waals surface area contributed by atoms with E-state index >= 15 is 0 Å². The lowest BCUT2D eigenvalue weighted by molar-refractivity contribution is -0.115. The van der Waals surface area contributed by atoms with E-state index in [9.17, 15) is 9.18 Å². The molecule has 1 fully saturated rings. The van der Waals surface area contributed by atoms with Gasteiger partial charge in [-0.25, -0.2) is 9.38 Å². The van der Waals surface area contributed by atoms with Crippen LogP contribution in [-0.4, -0.2) is 30.3 Å². The quantitative estimate of drug-likeness (QED) is 0.591. The topological polar surface area (TPSA) is 53.9 Å². The molecule has 1 amide bonds. The van der Waals surface area contributed by atoms with Gasteiger partial charge in [-0.3, -0.25) is 4.79 Å². The lowest BCUT2D eigenvalue weighted by Gasteiger charge is -2.47. The summed E-state index contributed by atoms with van der Waals surface area (Å²) in [7, 11) is 1.65. The summed E-state index contributed by atoms with van der Waals surface area (Å²) in [5.41, 5.74) is 3.98. The molecule has 2 aliphatic heterocycles. The minimum absolute atomic E-state index is 0.0685. The normalized spacial score (nSPS) is 22.2. The Morgan fingerprint density at radius 1 is 1.31 bits per heavy atom. The van der Waals surface area contributed by atoms with Crippen molar-refractivity contribution >= 4 is 40.3 Å². The number of rotatable bonds is 4. The predicted octanol–water partition coefficient (Wildman–Crippen LogP) is 5.84. The summed E-state index contributed by atoms with van der Waals surface area (Å²) in [6.07, 6.45) is 2.91. The molecule has 2 heterocycles. The molecule has 2 aliphatic rings. The number of carbonyl (C=O) groups excluding carboxylic acids is 1. The van der Waals surface area contributed by atoms with Crippen LogP contribution < -0.4 is 15.0 Å². The Bertz CT molecular complexity index is 1110. The van der Waals surface area contributed by atoms with E-state index in [1.54, 1.807) is 19.2 Å². The summed E-state index contributed by atoms with van der Waals surface area (Å²) in [5.74, 6) is 0.597. The Balaban J connectivity index is 1.69. The molecule has 2 aromatic rings. The van der Waals surface area contributed by atoms with Crippen LogP contribution in [0.5, 0.6) is 5.75 Å². The highest BCUT2D eigenvalue weighted by atomic mass is 32.2. The highest BCUT2D eigenvalue weighted by Gasteiger charge is 2.36. The number of amidine groups is 1. The molecule has 0 bridgehead atoms. The molecule has 0 radical (unpaired) electrons. The van der Waals surface area contributed by atoms with Crippen molar-refractivity contribution in [1.82, 2.24) is 5.32 Å². The molecule has 168 valence electrons. The number of amides is 1. The van der Waals surface area contributed by atoms with Crippen molar-refractivity contribution in [2.75, 3.05) is 18.6 Å². The van der Waals surface area contributed by atoms with Crippen molar-refractivity contribution in [3.05, 3.63) is 58.2 Å². The van der Waals surface area contributed by atoms with Crippen molar-refractivity contribution in [1.29, 1.82) is 0 Å². The van der Waals surface area contributed by atoms with Crippen LogP contribution in [0.1, 0.15) is 51.2 Å². The number of thioether (sulfide) groups is 1. The number of aliphatic imine (C=N–C) groups is 1. The zero-order valence-corrected chi connectivity index (χ0v) is 19.8. The first-order valence-electron chi connectivity index (χ1n) is 10.8. The second-order valence-electron chi connectivity index (χ2n) is 8.77. The first kappa shape index (κ1) is 22.4. The fourth-order valence-electron chi connectivity index (χ4n) is 4.67. The number of halogens is 1. The summed E-state index contributed by atoms with van der Waals surface area (Å²) >= 11 is 1.27. The average molecular weight is 454 g/mol. The molecule has 0 aliphatic carbocycles. The fraction of sp³-hybridized carbons (Fsp3) is 0.360. The number of benzene rings is 2.